The number of rotatable bonds is 4. The summed E-state index contributed by atoms with van der Waals surface area (Å²) in [5.41, 5.74) is 0.322. The predicted octanol–water partition coefficient (Wildman–Crippen LogP) is 3.48. The Bertz CT molecular complexity index is 684. The van der Waals surface area contributed by atoms with Crippen LogP contribution in [-0.4, -0.2) is 43.1 Å². The van der Waals surface area contributed by atoms with Gasteiger partial charge in [-0.15, -0.1) is 25.5 Å². The highest BCUT2D eigenvalue weighted by molar-refractivity contribution is 5.84. The van der Waals surface area contributed by atoms with Crippen molar-refractivity contribution in [1.82, 2.24) is 4.90 Å². The van der Waals surface area contributed by atoms with E-state index in [0.29, 0.717) is 11.6 Å². The van der Waals surface area contributed by atoms with Gasteiger partial charge < -0.3 is 9.47 Å². The zero-order valence-electron chi connectivity index (χ0n) is 14.0. The van der Waals surface area contributed by atoms with Crippen LogP contribution in [0.15, 0.2) is 24.3 Å². The lowest BCUT2D eigenvalue weighted by Crippen LogP contribution is -2.54. The SMILES string of the molecule is C#CC1CN2CCC1CC2COC(=O)Nc1ccc(OC(F)(F)F)cc1. The second kappa shape index (κ2) is 7.46. The molecule has 3 heterocycles. The van der Waals surface area contributed by atoms with Gasteiger partial charge in [-0.25, -0.2) is 4.79 Å². The van der Waals surface area contributed by atoms with Gasteiger partial charge in [-0.3, -0.25) is 10.2 Å². The number of halogens is 3. The highest BCUT2D eigenvalue weighted by Gasteiger charge is 2.39. The van der Waals surface area contributed by atoms with Crippen LogP contribution >= 0.6 is 0 Å². The van der Waals surface area contributed by atoms with Gasteiger partial charge >= 0.3 is 12.5 Å². The van der Waals surface area contributed by atoms with Crippen LogP contribution in [0, 0.1) is 24.2 Å². The molecule has 4 rings (SSSR count). The summed E-state index contributed by atoms with van der Waals surface area (Å²) in [6.07, 6.45) is 2.13. The van der Waals surface area contributed by atoms with Crippen molar-refractivity contribution in [3.05, 3.63) is 24.3 Å². The molecule has 5 nitrogen and oxygen atoms in total. The third kappa shape index (κ3) is 4.61. The Balaban J connectivity index is 1.46. The Morgan fingerprint density at radius 1 is 1.35 bits per heavy atom. The van der Waals surface area contributed by atoms with Gasteiger partial charge in [-0.05, 0) is 49.6 Å². The standard InChI is InChI=1S/C18H19F3N2O3/c1-2-12-10-23-8-7-13(12)9-15(23)11-25-17(24)22-14-3-5-16(6-4-14)26-18(19,20)21/h1,3-6,12-13,15H,7-11H2,(H,22,24). The summed E-state index contributed by atoms with van der Waals surface area (Å²) in [5.74, 6) is 3.22. The largest absolute Gasteiger partial charge is 0.573 e. The van der Waals surface area contributed by atoms with E-state index in [1.807, 2.05) is 0 Å². The molecule has 3 aliphatic heterocycles. The number of fused-ring (bicyclic) bond motifs is 3. The number of terminal acetylenes is 1. The summed E-state index contributed by atoms with van der Waals surface area (Å²) in [6.45, 7) is 2.05. The van der Waals surface area contributed by atoms with Crippen molar-refractivity contribution in [1.29, 1.82) is 0 Å². The summed E-state index contributed by atoms with van der Waals surface area (Å²) in [6, 6.07) is 5.02. The van der Waals surface area contributed by atoms with Crippen molar-refractivity contribution in [2.45, 2.75) is 25.2 Å². The number of anilines is 1. The average molecular weight is 368 g/mol. The fourth-order valence-corrected chi connectivity index (χ4v) is 3.57. The van der Waals surface area contributed by atoms with Crippen molar-refractivity contribution in [3.63, 3.8) is 0 Å². The van der Waals surface area contributed by atoms with E-state index in [9.17, 15) is 18.0 Å². The summed E-state index contributed by atoms with van der Waals surface area (Å²) in [4.78, 5) is 14.2. The summed E-state index contributed by atoms with van der Waals surface area (Å²) < 4.78 is 45.4. The van der Waals surface area contributed by atoms with Gasteiger partial charge in [0, 0.05) is 24.2 Å². The number of hydrogen-bond donors (Lipinski definition) is 1. The summed E-state index contributed by atoms with van der Waals surface area (Å²) >= 11 is 0. The maximum atomic E-state index is 12.1. The number of carbonyl (C=O) groups excluding carboxylic acids is 1. The highest BCUT2D eigenvalue weighted by Crippen LogP contribution is 2.35. The minimum absolute atomic E-state index is 0.159. The van der Waals surface area contributed by atoms with Gasteiger partial charge in [-0.1, -0.05) is 0 Å². The summed E-state index contributed by atoms with van der Waals surface area (Å²) in [7, 11) is 0. The molecule has 26 heavy (non-hydrogen) atoms. The van der Waals surface area contributed by atoms with E-state index in [1.54, 1.807) is 0 Å². The topological polar surface area (TPSA) is 50.8 Å². The minimum Gasteiger partial charge on any atom is -0.448 e. The van der Waals surface area contributed by atoms with E-state index < -0.39 is 12.5 Å². The molecule has 3 saturated heterocycles. The zero-order chi connectivity index (χ0) is 18.7. The molecule has 0 saturated carbocycles. The average Bonchev–Trinajstić information content (AvgIpc) is 2.61. The lowest BCUT2D eigenvalue weighted by atomic mass is 9.76. The molecular weight excluding hydrogens is 349 g/mol. The number of nitrogens with zero attached hydrogens (tertiary/aromatic N) is 1. The number of amides is 1. The molecule has 1 aromatic rings. The van der Waals surface area contributed by atoms with E-state index in [4.69, 9.17) is 11.2 Å². The van der Waals surface area contributed by atoms with Crippen LogP contribution in [0.3, 0.4) is 0 Å². The molecule has 2 bridgehead atoms. The number of nitrogens with one attached hydrogen (secondary N) is 1. The molecule has 1 aromatic carbocycles. The van der Waals surface area contributed by atoms with Crippen molar-refractivity contribution in [3.8, 4) is 18.1 Å². The first-order valence-electron chi connectivity index (χ1n) is 8.34. The van der Waals surface area contributed by atoms with Crippen molar-refractivity contribution in [2.24, 2.45) is 11.8 Å². The van der Waals surface area contributed by atoms with E-state index in [-0.39, 0.29) is 24.3 Å². The second-order valence-corrected chi connectivity index (χ2v) is 6.50. The number of alkyl halides is 3. The van der Waals surface area contributed by atoms with Crippen LogP contribution in [-0.2, 0) is 4.74 Å². The molecule has 0 radical (unpaired) electrons. The Kier molecular flexibility index (Phi) is 5.28. The molecule has 0 aromatic heterocycles. The van der Waals surface area contributed by atoms with Gasteiger partial charge in [0.15, 0.2) is 0 Å². The van der Waals surface area contributed by atoms with E-state index in [0.717, 1.165) is 38.1 Å². The maximum Gasteiger partial charge on any atom is 0.573 e. The number of piperidine rings is 3. The molecular formula is C18H19F3N2O3. The number of carbonyl (C=O) groups is 1. The smallest absolute Gasteiger partial charge is 0.448 e. The molecule has 140 valence electrons. The molecule has 4 unspecified atom stereocenters. The van der Waals surface area contributed by atoms with Crippen molar-refractivity contribution >= 4 is 11.8 Å². The second-order valence-electron chi connectivity index (χ2n) is 6.50. The number of ether oxygens (including phenoxy) is 2. The molecule has 3 aliphatic rings. The van der Waals surface area contributed by atoms with Crippen LogP contribution in [0.25, 0.3) is 0 Å². The lowest BCUT2D eigenvalue weighted by Gasteiger charge is -2.48. The van der Waals surface area contributed by atoms with Gasteiger partial charge in [0.1, 0.15) is 12.4 Å². The Morgan fingerprint density at radius 3 is 2.65 bits per heavy atom. The van der Waals surface area contributed by atoms with E-state index >= 15 is 0 Å². The third-order valence-electron chi connectivity index (χ3n) is 4.83. The zero-order valence-corrected chi connectivity index (χ0v) is 14.0. The first kappa shape index (κ1) is 18.4. The van der Waals surface area contributed by atoms with Crippen LogP contribution < -0.4 is 10.1 Å². The first-order chi connectivity index (χ1) is 12.3. The van der Waals surface area contributed by atoms with Gasteiger partial charge in [0.25, 0.3) is 0 Å². The first-order valence-corrected chi connectivity index (χ1v) is 8.34. The molecule has 1 amide bonds. The minimum atomic E-state index is -4.75. The highest BCUT2D eigenvalue weighted by atomic mass is 19.4. The van der Waals surface area contributed by atoms with Gasteiger partial charge in [-0.2, -0.15) is 0 Å². The molecule has 0 spiro atoms. The normalized spacial score (nSPS) is 27.5. The third-order valence-corrected chi connectivity index (χ3v) is 4.83. The lowest BCUT2D eigenvalue weighted by molar-refractivity contribution is -0.274. The molecule has 0 aliphatic carbocycles. The Labute approximate surface area is 149 Å². The maximum absolute atomic E-state index is 12.1. The molecule has 1 N–H and O–H groups in total. The number of benzene rings is 1. The van der Waals surface area contributed by atoms with Crippen LogP contribution in [0.2, 0.25) is 0 Å². The predicted molar refractivity (Wildman–Crippen MR) is 88.5 cm³/mol. The summed E-state index contributed by atoms with van der Waals surface area (Å²) in [5, 5.41) is 2.49. The van der Waals surface area contributed by atoms with Crippen LogP contribution in [0.5, 0.6) is 5.75 Å². The molecule has 4 atom stereocenters. The van der Waals surface area contributed by atoms with Gasteiger partial charge in [0.05, 0.1) is 0 Å². The quantitative estimate of drug-likeness (QED) is 0.827. The molecule has 3 fully saturated rings. The monoisotopic (exact) mass is 368 g/mol. The Morgan fingerprint density at radius 2 is 2.08 bits per heavy atom. The van der Waals surface area contributed by atoms with E-state index in [1.165, 1.54) is 12.1 Å². The fourth-order valence-electron chi connectivity index (χ4n) is 3.57. The van der Waals surface area contributed by atoms with Crippen molar-refractivity contribution < 1.29 is 27.4 Å². The van der Waals surface area contributed by atoms with Crippen LogP contribution in [0.1, 0.15) is 12.8 Å². The fraction of sp³-hybridized carbons (Fsp3) is 0.500. The van der Waals surface area contributed by atoms with E-state index in [2.05, 4.69) is 20.9 Å². The number of hydrogen-bond acceptors (Lipinski definition) is 4. The Hall–Kier alpha value is -2.40. The van der Waals surface area contributed by atoms with Crippen LogP contribution in [0.4, 0.5) is 23.7 Å². The molecule has 8 heteroatoms. The van der Waals surface area contributed by atoms with Gasteiger partial charge in [0.2, 0.25) is 0 Å². The van der Waals surface area contributed by atoms with Crippen molar-refractivity contribution in [2.75, 3.05) is 25.0 Å².